The molecular formula is C26H25N3O4S. The number of amides is 1. The first-order valence-corrected chi connectivity index (χ1v) is 11.7. The van der Waals surface area contributed by atoms with Crippen LogP contribution in [0, 0.1) is 0 Å². The zero-order chi connectivity index (χ0) is 24.1. The van der Waals surface area contributed by atoms with Crippen LogP contribution in [-0.2, 0) is 4.79 Å². The number of ether oxygens (including phenoxy) is 2. The van der Waals surface area contributed by atoms with E-state index >= 15 is 0 Å². The van der Waals surface area contributed by atoms with Crippen LogP contribution in [0.4, 0.5) is 5.69 Å². The van der Waals surface area contributed by atoms with Crippen molar-refractivity contribution in [1.82, 2.24) is 9.55 Å². The number of thioether (sulfide) groups is 1. The van der Waals surface area contributed by atoms with Crippen LogP contribution in [0.1, 0.15) is 13.8 Å². The van der Waals surface area contributed by atoms with Gasteiger partial charge in [-0.3, -0.25) is 14.2 Å². The van der Waals surface area contributed by atoms with E-state index in [4.69, 9.17) is 14.5 Å². The van der Waals surface area contributed by atoms with Gasteiger partial charge in [0.25, 0.3) is 5.56 Å². The molecule has 0 aliphatic rings. The van der Waals surface area contributed by atoms with Gasteiger partial charge in [0, 0.05) is 5.69 Å². The Kier molecular flexibility index (Phi) is 7.18. The minimum absolute atomic E-state index is 0.194. The fourth-order valence-electron chi connectivity index (χ4n) is 3.41. The summed E-state index contributed by atoms with van der Waals surface area (Å²) in [6.45, 7) is 4.25. The van der Waals surface area contributed by atoms with Crippen molar-refractivity contribution in [2.24, 2.45) is 0 Å². The largest absolute Gasteiger partial charge is 0.497 e. The molecule has 0 bridgehead atoms. The molecule has 1 heterocycles. The Morgan fingerprint density at radius 2 is 1.71 bits per heavy atom. The van der Waals surface area contributed by atoms with E-state index in [1.165, 1.54) is 11.8 Å². The molecule has 7 nitrogen and oxygen atoms in total. The first-order chi connectivity index (χ1) is 16.5. The summed E-state index contributed by atoms with van der Waals surface area (Å²) in [6, 6.07) is 21.6. The minimum atomic E-state index is -0.510. The third kappa shape index (κ3) is 5.07. The van der Waals surface area contributed by atoms with Gasteiger partial charge in [0.1, 0.15) is 11.5 Å². The third-order valence-corrected chi connectivity index (χ3v) is 6.21. The second-order valence-electron chi connectivity index (χ2n) is 7.46. The van der Waals surface area contributed by atoms with Crippen LogP contribution >= 0.6 is 11.8 Å². The summed E-state index contributed by atoms with van der Waals surface area (Å²) in [6.07, 6.45) is 0. The van der Waals surface area contributed by atoms with Gasteiger partial charge in [-0.05, 0) is 74.5 Å². The molecule has 0 saturated carbocycles. The number of benzene rings is 3. The van der Waals surface area contributed by atoms with Gasteiger partial charge in [-0.2, -0.15) is 0 Å². The summed E-state index contributed by atoms with van der Waals surface area (Å²) >= 11 is 1.23. The van der Waals surface area contributed by atoms with Crippen molar-refractivity contribution >= 4 is 34.3 Å². The van der Waals surface area contributed by atoms with Crippen molar-refractivity contribution < 1.29 is 14.3 Å². The summed E-state index contributed by atoms with van der Waals surface area (Å²) in [5.41, 5.74) is 1.70. The van der Waals surface area contributed by atoms with Gasteiger partial charge in [0.05, 0.1) is 35.6 Å². The Labute approximate surface area is 201 Å². The van der Waals surface area contributed by atoms with Gasteiger partial charge in [0.15, 0.2) is 5.16 Å². The lowest BCUT2D eigenvalue weighted by atomic mass is 10.2. The Hall–Kier alpha value is -3.78. The number of carbonyl (C=O) groups is 1. The summed E-state index contributed by atoms with van der Waals surface area (Å²) in [7, 11) is 1.59. The van der Waals surface area contributed by atoms with Crippen molar-refractivity contribution in [1.29, 1.82) is 0 Å². The number of carbonyl (C=O) groups excluding carboxylic acids is 1. The fourth-order valence-corrected chi connectivity index (χ4v) is 4.33. The maximum Gasteiger partial charge on any atom is 0.266 e. The first-order valence-electron chi connectivity index (χ1n) is 10.9. The predicted molar refractivity (Wildman–Crippen MR) is 135 cm³/mol. The van der Waals surface area contributed by atoms with Crippen molar-refractivity contribution in [3.63, 3.8) is 0 Å². The van der Waals surface area contributed by atoms with E-state index < -0.39 is 5.25 Å². The maximum absolute atomic E-state index is 13.4. The number of methoxy groups -OCH3 is 1. The van der Waals surface area contributed by atoms with E-state index in [0.29, 0.717) is 39.8 Å². The van der Waals surface area contributed by atoms with Gasteiger partial charge < -0.3 is 14.8 Å². The van der Waals surface area contributed by atoms with E-state index in [2.05, 4.69) is 5.32 Å². The molecule has 0 radical (unpaired) electrons. The molecule has 34 heavy (non-hydrogen) atoms. The number of fused-ring (bicyclic) bond motifs is 1. The predicted octanol–water partition coefficient (Wildman–Crippen LogP) is 4.91. The molecule has 0 saturated heterocycles. The first kappa shape index (κ1) is 23.4. The maximum atomic E-state index is 13.4. The number of anilines is 1. The third-order valence-electron chi connectivity index (χ3n) is 5.16. The van der Waals surface area contributed by atoms with E-state index in [9.17, 15) is 9.59 Å². The SMILES string of the molecule is CCOc1ccc(-n2c(SC(C)C(=O)Nc3ccc(OC)cc3)nc3ccccc3c2=O)cc1. The summed E-state index contributed by atoms with van der Waals surface area (Å²) in [5, 5.41) is 3.33. The topological polar surface area (TPSA) is 82.4 Å². The second kappa shape index (κ2) is 10.4. The molecule has 0 aliphatic heterocycles. The number of aromatic nitrogens is 2. The van der Waals surface area contributed by atoms with Crippen LogP contribution in [0.2, 0.25) is 0 Å². The number of para-hydroxylation sites is 1. The van der Waals surface area contributed by atoms with E-state index in [-0.39, 0.29) is 11.5 Å². The van der Waals surface area contributed by atoms with Crippen LogP contribution < -0.4 is 20.3 Å². The van der Waals surface area contributed by atoms with Crippen LogP contribution in [0.25, 0.3) is 16.6 Å². The number of hydrogen-bond donors (Lipinski definition) is 1. The number of nitrogens with zero attached hydrogens (tertiary/aromatic N) is 2. The molecule has 174 valence electrons. The highest BCUT2D eigenvalue weighted by Crippen LogP contribution is 2.27. The molecule has 1 unspecified atom stereocenters. The Bertz CT molecular complexity index is 1350. The molecule has 1 atom stereocenters. The number of rotatable bonds is 8. The van der Waals surface area contributed by atoms with Crippen molar-refractivity contribution in [2.75, 3.05) is 19.0 Å². The highest BCUT2D eigenvalue weighted by Gasteiger charge is 2.20. The number of hydrogen-bond acceptors (Lipinski definition) is 6. The van der Waals surface area contributed by atoms with Crippen LogP contribution in [0.15, 0.2) is 82.7 Å². The fraction of sp³-hybridized carbons (Fsp3) is 0.192. The summed E-state index contributed by atoms with van der Waals surface area (Å²) in [5.74, 6) is 1.23. The lowest BCUT2D eigenvalue weighted by Crippen LogP contribution is -2.26. The molecule has 4 aromatic rings. The summed E-state index contributed by atoms with van der Waals surface area (Å²) in [4.78, 5) is 31.0. The van der Waals surface area contributed by atoms with Crippen molar-refractivity contribution in [3.8, 4) is 17.2 Å². The van der Waals surface area contributed by atoms with E-state index in [1.54, 1.807) is 55.0 Å². The molecule has 0 spiro atoms. The van der Waals surface area contributed by atoms with Gasteiger partial charge >= 0.3 is 0 Å². The highest BCUT2D eigenvalue weighted by molar-refractivity contribution is 8.00. The zero-order valence-corrected chi connectivity index (χ0v) is 20.0. The van der Waals surface area contributed by atoms with E-state index in [1.807, 2.05) is 43.3 Å². The van der Waals surface area contributed by atoms with E-state index in [0.717, 1.165) is 5.75 Å². The lowest BCUT2D eigenvalue weighted by molar-refractivity contribution is -0.115. The molecule has 4 rings (SSSR count). The molecular weight excluding hydrogens is 450 g/mol. The lowest BCUT2D eigenvalue weighted by Gasteiger charge is -2.17. The molecule has 1 aromatic heterocycles. The quantitative estimate of drug-likeness (QED) is 0.288. The molecule has 1 amide bonds. The van der Waals surface area contributed by atoms with Gasteiger partial charge in [0.2, 0.25) is 5.91 Å². The Morgan fingerprint density at radius 1 is 1.03 bits per heavy atom. The number of nitrogens with one attached hydrogen (secondary N) is 1. The average Bonchev–Trinajstić information content (AvgIpc) is 2.85. The average molecular weight is 476 g/mol. The van der Waals surface area contributed by atoms with Crippen LogP contribution in [0.3, 0.4) is 0 Å². The molecule has 3 aromatic carbocycles. The summed E-state index contributed by atoms with van der Waals surface area (Å²) < 4.78 is 12.2. The van der Waals surface area contributed by atoms with Crippen molar-refractivity contribution in [3.05, 3.63) is 83.2 Å². The zero-order valence-electron chi connectivity index (χ0n) is 19.1. The second-order valence-corrected chi connectivity index (χ2v) is 8.76. The van der Waals surface area contributed by atoms with Crippen LogP contribution in [-0.4, -0.2) is 34.4 Å². The Morgan fingerprint density at radius 3 is 2.38 bits per heavy atom. The standard InChI is InChI=1S/C26H25N3O4S/c1-4-33-21-15-11-19(12-16-21)29-25(31)22-7-5-6-8-23(22)28-26(29)34-17(2)24(30)27-18-9-13-20(32-3)14-10-18/h5-17H,4H2,1-3H3,(H,27,30). The minimum Gasteiger partial charge on any atom is -0.497 e. The molecule has 8 heteroatoms. The molecule has 1 N–H and O–H groups in total. The van der Waals surface area contributed by atoms with Gasteiger partial charge in [-0.1, -0.05) is 23.9 Å². The highest BCUT2D eigenvalue weighted by atomic mass is 32.2. The Balaban J connectivity index is 1.66. The monoisotopic (exact) mass is 475 g/mol. The molecule has 0 fully saturated rings. The molecule has 0 aliphatic carbocycles. The normalized spacial score (nSPS) is 11.7. The smallest absolute Gasteiger partial charge is 0.266 e. The van der Waals surface area contributed by atoms with Gasteiger partial charge in [-0.15, -0.1) is 0 Å². The van der Waals surface area contributed by atoms with Crippen molar-refractivity contribution in [2.45, 2.75) is 24.3 Å². The van der Waals surface area contributed by atoms with Crippen LogP contribution in [0.5, 0.6) is 11.5 Å². The van der Waals surface area contributed by atoms with Gasteiger partial charge in [-0.25, -0.2) is 4.98 Å².